The summed E-state index contributed by atoms with van der Waals surface area (Å²) in [6, 6.07) is 20.9. The smallest absolute Gasteiger partial charge is 0.339 e. The van der Waals surface area contributed by atoms with Crippen LogP contribution < -0.4 is 4.74 Å². The second kappa shape index (κ2) is 11.0. The highest BCUT2D eigenvalue weighted by Crippen LogP contribution is 2.45. The number of ether oxygens (including phenoxy) is 2. The van der Waals surface area contributed by atoms with Crippen molar-refractivity contribution in [2.75, 3.05) is 7.11 Å². The Labute approximate surface area is 239 Å². The number of carbonyl (C=O) groups is 1. The molecule has 0 amide bonds. The molecule has 0 spiro atoms. The van der Waals surface area contributed by atoms with Crippen LogP contribution in [0.3, 0.4) is 0 Å². The van der Waals surface area contributed by atoms with Gasteiger partial charge in [0.2, 0.25) is 0 Å². The van der Waals surface area contributed by atoms with Crippen molar-refractivity contribution in [1.82, 2.24) is 4.98 Å². The molecule has 0 radical (unpaired) electrons. The third-order valence-electron chi connectivity index (χ3n) is 7.47. The van der Waals surface area contributed by atoms with E-state index in [-0.39, 0.29) is 18.0 Å². The second-order valence-electron chi connectivity index (χ2n) is 11.1. The van der Waals surface area contributed by atoms with Gasteiger partial charge in [-0.2, -0.15) is 0 Å². The van der Waals surface area contributed by atoms with Gasteiger partial charge >= 0.3 is 5.97 Å². The number of fused-ring (bicyclic) bond motifs is 2. The van der Waals surface area contributed by atoms with Crippen LogP contribution in [0.5, 0.6) is 5.75 Å². The Morgan fingerprint density at radius 3 is 2.46 bits per heavy atom. The van der Waals surface area contributed by atoms with Crippen molar-refractivity contribution in [3.05, 3.63) is 105 Å². The monoisotopic (exact) mass is 559 g/mol. The number of allylic oxidation sites excluding steroid dienone is 1. The summed E-state index contributed by atoms with van der Waals surface area (Å²) in [7, 11) is 1.66. The Hall–Kier alpha value is -3.34. The number of carbonyl (C=O) groups excluding carboxylic acids is 1. The molecule has 39 heavy (non-hydrogen) atoms. The topological polar surface area (TPSA) is 48.4 Å². The molecule has 0 aliphatic heterocycles. The predicted molar refractivity (Wildman–Crippen MR) is 159 cm³/mol. The molecule has 1 aliphatic carbocycles. The highest BCUT2D eigenvalue weighted by molar-refractivity contribution is 6.35. The van der Waals surface area contributed by atoms with Gasteiger partial charge in [0.15, 0.2) is 0 Å². The lowest BCUT2D eigenvalue weighted by Gasteiger charge is -2.36. The molecule has 6 heteroatoms. The predicted octanol–water partition coefficient (Wildman–Crippen LogP) is 9.06. The molecule has 1 aromatic heterocycles. The number of pyridine rings is 1. The number of nitrogens with zero attached hydrogens (tertiary/aromatic N) is 1. The first-order valence-corrected chi connectivity index (χ1v) is 13.8. The maximum absolute atomic E-state index is 13.8. The molecule has 0 fully saturated rings. The van der Waals surface area contributed by atoms with Gasteiger partial charge in [0.1, 0.15) is 12.4 Å². The molecule has 200 valence electrons. The van der Waals surface area contributed by atoms with Crippen LogP contribution in [0.25, 0.3) is 22.6 Å². The van der Waals surface area contributed by atoms with E-state index in [0.29, 0.717) is 27.1 Å². The SMILES string of the molecule is COc1ccc(/C=C2\CC(C(C)(C)C)Cc3c2nc2ccccc2c3C(=O)OCc2ccc(Cl)cc2Cl)cc1. The summed E-state index contributed by atoms with van der Waals surface area (Å²) in [4.78, 5) is 18.9. The van der Waals surface area contributed by atoms with E-state index >= 15 is 0 Å². The summed E-state index contributed by atoms with van der Waals surface area (Å²) in [5.74, 6) is 0.743. The zero-order chi connectivity index (χ0) is 27.7. The molecule has 5 rings (SSSR count). The number of halogens is 2. The number of para-hydroxylation sites is 1. The average Bonchev–Trinajstić information content (AvgIpc) is 2.91. The lowest BCUT2D eigenvalue weighted by molar-refractivity contribution is 0.0473. The Kier molecular flexibility index (Phi) is 7.70. The molecule has 1 aliphatic rings. The maximum Gasteiger partial charge on any atom is 0.339 e. The van der Waals surface area contributed by atoms with Gasteiger partial charge in [0, 0.05) is 21.0 Å². The van der Waals surface area contributed by atoms with Crippen molar-refractivity contribution in [2.24, 2.45) is 11.3 Å². The largest absolute Gasteiger partial charge is 0.497 e. The number of hydrogen-bond donors (Lipinski definition) is 0. The van der Waals surface area contributed by atoms with Crippen molar-refractivity contribution in [3.63, 3.8) is 0 Å². The number of esters is 1. The summed E-state index contributed by atoms with van der Waals surface area (Å²) in [6.45, 7) is 6.81. The molecule has 4 nitrogen and oxygen atoms in total. The fraction of sp³-hybridized carbons (Fsp3) is 0.273. The summed E-state index contributed by atoms with van der Waals surface area (Å²) < 4.78 is 11.2. The Balaban J connectivity index is 1.63. The van der Waals surface area contributed by atoms with Crippen LogP contribution in [0.1, 0.15) is 59.9 Å². The highest BCUT2D eigenvalue weighted by atomic mass is 35.5. The Bertz CT molecular complexity index is 1570. The van der Waals surface area contributed by atoms with Crippen LogP contribution in [-0.2, 0) is 17.8 Å². The first kappa shape index (κ1) is 27.2. The molecule has 1 atom stereocenters. The minimum absolute atomic E-state index is 0.0281. The quantitative estimate of drug-likeness (QED) is 0.229. The van der Waals surface area contributed by atoms with Gasteiger partial charge in [0.25, 0.3) is 0 Å². The van der Waals surface area contributed by atoms with E-state index in [1.54, 1.807) is 25.3 Å². The molecule has 1 heterocycles. The van der Waals surface area contributed by atoms with Crippen LogP contribution in [0.2, 0.25) is 10.0 Å². The minimum Gasteiger partial charge on any atom is -0.497 e. The zero-order valence-corrected chi connectivity index (χ0v) is 24.1. The van der Waals surface area contributed by atoms with Crippen molar-refractivity contribution < 1.29 is 14.3 Å². The summed E-state index contributed by atoms with van der Waals surface area (Å²) in [5, 5.41) is 1.80. The van der Waals surface area contributed by atoms with E-state index in [1.165, 1.54) is 0 Å². The normalized spacial score (nSPS) is 16.3. The van der Waals surface area contributed by atoms with E-state index in [4.69, 9.17) is 37.7 Å². The van der Waals surface area contributed by atoms with Crippen LogP contribution >= 0.6 is 23.2 Å². The zero-order valence-electron chi connectivity index (χ0n) is 22.6. The lowest BCUT2D eigenvalue weighted by atomic mass is 9.69. The van der Waals surface area contributed by atoms with E-state index < -0.39 is 0 Å². The molecule has 0 bridgehead atoms. The van der Waals surface area contributed by atoms with Gasteiger partial charge in [-0.05, 0) is 77.3 Å². The molecule has 0 saturated carbocycles. The molecular formula is C33H31Cl2NO3. The third-order valence-corrected chi connectivity index (χ3v) is 8.06. The van der Waals surface area contributed by atoms with Crippen LogP contribution in [0.15, 0.2) is 66.7 Å². The Morgan fingerprint density at radius 2 is 1.77 bits per heavy atom. The van der Waals surface area contributed by atoms with Gasteiger partial charge in [-0.25, -0.2) is 9.78 Å². The second-order valence-corrected chi connectivity index (χ2v) is 11.9. The molecule has 1 unspecified atom stereocenters. The highest BCUT2D eigenvalue weighted by Gasteiger charge is 2.35. The fourth-order valence-corrected chi connectivity index (χ4v) is 5.59. The van der Waals surface area contributed by atoms with E-state index in [0.717, 1.165) is 51.9 Å². The van der Waals surface area contributed by atoms with Crippen molar-refractivity contribution in [3.8, 4) is 5.75 Å². The number of methoxy groups -OCH3 is 1. The van der Waals surface area contributed by atoms with Crippen molar-refractivity contribution in [2.45, 2.75) is 40.2 Å². The number of rotatable bonds is 5. The molecule has 3 aromatic carbocycles. The Morgan fingerprint density at radius 1 is 1.03 bits per heavy atom. The lowest BCUT2D eigenvalue weighted by Crippen LogP contribution is -2.28. The standard InChI is InChI=1S/C33H31Cl2NO3/c1-33(2,3)23-16-22(15-20-9-13-25(38-4)14-10-20)31-27(17-23)30(26-7-5-6-8-29(26)36-31)32(37)39-19-21-11-12-24(34)18-28(21)35/h5-15,18,23H,16-17,19H2,1-4H3/b22-15+. The average molecular weight is 561 g/mol. The van der Waals surface area contributed by atoms with Gasteiger partial charge < -0.3 is 9.47 Å². The van der Waals surface area contributed by atoms with Crippen LogP contribution in [-0.4, -0.2) is 18.1 Å². The van der Waals surface area contributed by atoms with Gasteiger partial charge in [0.05, 0.1) is 23.9 Å². The number of benzene rings is 3. The van der Waals surface area contributed by atoms with Gasteiger partial charge in [-0.3, -0.25) is 0 Å². The summed E-state index contributed by atoms with van der Waals surface area (Å²) in [6.07, 6.45) is 3.78. The first-order valence-electron chi connectivity index (χ1n) is 13.0. The third kappa shape index (κ3) is 5.83. The van der Waals surface area contributed by atoms with Gasteiger partial charge in [-0.15, -0.1) is 0 Å². The number of hydrogen-bond acceptors (Lipinski definition) is 4. The van der Waals surface area contributed by atoms with E-state index in [1.807, 2.05) is 48.5 Å². The minimum atomic E-state index is -0.380. The van der Waals surface area contributed by atoms with Crippen LogP contribution in [0, 0.1) is 11.3 Å². The van der Waals surface area contributed by atoms with E-state index in [9.17, 15) is 4.79 Å². The van der Waals surface area contributed by atoms with Gasteiger partial charge in [-0.1, -0.05) is 80.4 Å². The molecule has 0 N–H and O–H groups in total. The summed E-state index contributed by atoms with van der Waals surface area (Å²) in [5.41, 5.74) is 6.05. The maximum atomic E-state index is 13.8. The van der Waals surface area contributed by atoms with Crippen molar-refractivity contribution >= 4 is 51.7 Å². The summed E-state index contributed by atoms with van der Waals surface area (Å²) >= 11 is 12.4. The molecule has 0 saturated heterocycles. The number of aromatic nitrogens is 1. The van der Waals surface area contributed by atoms with E-state index in [2.05, 4.69) is 26.8 Å². The first-order chi connectivity index (χ1) is 18.6. The molecule has 4 aromatic rings. The molecular weight excluding hydrogens is 529 g/mol. The fourth-order valence-electron chi connectivity index (χ4n) is 5.12. The van der Waals surface area contributed by atoms with Crippen LogP contribution in [0.4, 0.5) is 0 Å². The van der Waals surface area contributed by atoms with Crippen molar-refractivity contribution in [1.29, 1.82) is 0 Å².